The van der Waals surface area contributed by atoms with E-state index in [1.165, 1.54) is 89.9 Å². The van der Waals surface area contributed by atoms with Gasteiger partial charge in [-0.05, 0) is 24.8 Å². The van der Waals surface area contributed by atoms with Crippen molar-refractivity contribution in [2.75, 3.05) is 0 Å². The Bertz CT molecular complexity index is 312. The van der Waals surface area contributed by atoms with Crippen LogP contribution in [0.25, 0.3) is 0 Å². The number of terminal acetylenes is 1. The van der Waals surface area contributed by atoms with Gasteiger partial charge in [0.05, 0.1) is 0 Å². The summed E-state index contributed by atoms with van der Waals surface area (Å²) in [5.74, 6) is 3.21. The van der Waals surface area contributed by atoms with Crippen LogP contribution in [0.4, 0.5) is 0 Å². The topological polar surface area (TPSA) is 20.2 Å². The highest BCUT2D eigenvalue weighted by atomic mass is 16.3. The third-order valence-electron chi connectivity index (χ3n) is 4.86. The molecule has 1 N–H and O–H groups in total. The van der Waals surface area contributed by atoms with Crippen LogP contribution in [-0.4, -0.2) is 11.2 Å². The molecule has 0 unspecified atom stereocenters. The highest BCUT2D eigenvalue weighted by Gasteiger charge is 2.02. The van der Waals surface area contributed by atoms with Gasteiger partial charge in [-0.25, -0.2) is 0 Å². The summed E-state index contributed by atoms with van der Waals surface area (Å²) in [6.07, 6.45) is 28.6. The predicted octanol–water partition coefficient (Wildman–Crippen LogP) is 7.04. The molecule has 0 fully saturated rings. The van der Waals surface area contributed by atoms with Crippen molar-refractivity contribution in [1.82, 2.24) is 0 Å². The average molecular weight is 335 g/mol. The first-order chi connectivity index (χ1) is 11.7. The van der Waals surface area contributed by atoms with E-state index in [2.05, 4.69) is 19.8 Å². The lowest BCUT2D eigenvalue weighted by Gasteiger charge is -2.11. The number of hydrogen-bond acceptors (Lipinski definition) is 1. The fourth-order valence-corrected chi connectivity index (χ4v) is 3.16. The zero-order chi connectivity index (χ0) is 17.9. The molecule has 0 heterocycles. The second-order valence-corrected chi connectivity index (χ2v) is 7.40. The van der Waals surface area contributed by atoms with Crippen molar-refractivity contribution in [2.45, 2.75) is 116 Å². The molecule has 1 heteroatoms. The number of hydrogen-bond donors (Lipinski definition) is 1. The van der Waals surface area contributed by atoms with Crippen molar-refractivity contribution in [3.05, 3.63) is 12.2 Å². The Labute approximate surface area is 152 Å². The summed E-state index contributed by atoms with van der Waals surface area (Å²) in [6.45, 7) is 4.72. The van der Waals surface area contributed by atoms with Crippen LogP contribution in [0.3, 0.4) is 0 Å². The number of aliphatic hydroxyl groups excluding tert-OH is 1. The van der Waals surface area contributed by atoms with Gasteiger partial charge in [-0.3, -0.25) is 0 Å². The molecule has 24 heavy (non-hydrogen) atoms. The summed E-state index contributed by atoms with van der Waals surface area (Å²) in [4.78, 5) is 0. The van der Waals surface area contributed by atoms with Gasteiger partial charge in [0.15, 0.2) is 0 Å². The molecule has 0 aromatic heterocycles. The molecule has 0 rings (SSSR count). The Morgan fingerprint density at radius 3 is 1.88 bits per heavy atom. The lowest BCUT2D eigenvalue weighted by Crippen LogP contribution is -1.95. The predicted molar refractivity (Wildman–Crippen MR) is 108 cm³/mol. The Balaban J connectivity index is 3.23. The van der Waals surface area contributed by atoms with E-state index in [1.54, 1.807) is 6.08 Å². The largest absolute Gasteiger partial charge is 0.377 e. The van der Waals surface area contributed by atoms with E-state index < -0.39 is 6.10 Å². The van der Waals surface area contributed by atoms with E-state index in [0.717, 1.165) is 12.3 Å². The van der Waals surface area contributed by atoms with E-state index in [0.29, 0.717) is 0 Å². The molecular formula is C23H42O. The summed E-state index contributed by atoms with van der Waals surface area (Å²) in [6, 6.07) is 0. The maximum absolute atomic E-state index is 9.18. The van der Waals surface area contributed by atoms with Crippen LogP contribution in [-0.2, 0) is 0 Å². The van der Waals surface area contributed by atoms with Crippen LogP contribution in [0, 0.1) is 18.3 Å². The number of rotatable bonds is 17. The minimum atomic E-state index is -0.705. The van der Waals surface area contributed by atoms with Gasteiger partial charge in [0.1, 0.15) is 6.10 Å². The lowest BCUT2D eigenvalue weighted by molar-refractivity contribution is 0.280. The van der Waals surface area contributed by atoms with Gasteiger partial charge >= 0.3 is 0 Å². The first kappa shape index (κ1) is 23.3. The van der Waals surface area contributed by atoms with Crippen molar-refractivity contribution in [1.29, 1.82) is 0 Å². The highest BCUT2D eigenvalue weighted by molar-refractivity contribution is 5.05. The minimum Gasteiger partial charge on any atom is -0.377 e. The molecule has 2 atom stereocenters. The minimum absolute atomic E-state index is 0.705. The van der Waals surface area contributed by atoms with Crippen molar-refractivity contribution in [2.24, 2.45) is 5.92 Å². The summed E-state index contributed by atoms with van der Waals surface area (Å²) >= 11 is 0. The quantitative estimate of drug-likeness (QED) is 0.172. The van der Waals surface area contributed by atoms with Gasteiger partial charge in [0.25, 0.3) is 0 Å². The van der Waals surface area contributed by atoms with Crippen LogP contribution in [0.2, 0.25) is 0 Å². The first-order valence-corrected chi connectivity index (χ1v) is 10.5. The lowest BCUT2D eigenvalue weighted by atomic mass is 9.96. The molecule has 0 aliphatic carbocycles. The molecule has 0 aromatic rings. The van der Waals surface area contributed by atoms with Crippen molar-refractivity contribution in [3.63, 3.8) is 0 Å². The second-order valence-electron chi connectivity index (χ2n) is 7.40. The van der Waals surface area contributed by atoms with E-state index in [-0.39, 0.29) is 0 Å². The zero-order valence-electron chi connectivity index (χ0n) is 16.4. The Morgan fingerprint density at radius 1 is 0.833 bits per heavy atom. The third-order valence-corrected chi connectivity index (χ3v) is 4.86. The van der Waals surface area contributed by atoms with Gasteiger partial charge < -0.3 is 5.11 Å². The van der Waals surface area contributed by atoms with E-state index in [1.807, 2.05) is 6.08 Å². The molecule has 0 saturated carbocycles. The molecule has 0 spiro atoms. The zero-order valence-corrected chi connectivity index (χ0v) is 16.4. The molecule has 0 radical (unpaired) electrons. The van der Waals surface area contributed by atoms with Crippen LogP contribution >= 0.6 is 0 Å². The highest BCUT2D eigenvalue weighted by Crippen LogP contribution is 2.18. The van der Waals surface area contributed by atoms with Gasteiger partial charge in [-0.15, -0.1) is 6.42 Å². The van der Waals surface area contributed by atoms with Crippen LogP contribution in [0.15, 0.2) is 12.2 Å². The van der Waals surface area contributed by atoms with Crippen LogP contribution < -0.4 is 0 Å². The summed E-state index contributed by atoms with van der Waals surface area (Å²) < 4.78 is 0. The van der Waals surface area contributed by atoms with Gasteiger partial charge in [-0.2, -0.15) is 0 Å². The third kappa shape index (κ3) is 17.6. The monoisotopic (exact) mass is 334 g/mol. The molecular weight excluding hydrogens is 292 g/mol. The fraction of sp³-hybridized carbons (Fsp3) is 0.826. The number of unbranched alkanes of at least 4 members (excludes halogenated alkanes) is 11. The Morgan fingerprint density at radius 2 is 1.33 bits per heavy atom. The molecule has 1 nitrogen and oxygen atoms in total. The van der Waals surface area contributed by atoms with Crippen molar-refractivity contribution < 1.29 is 5.11 Å². The molecule has 0 aliphatic rings. The molecule has 140 valence electrons. The SMILES string of the molecule is C#C[C@H](O)/C=C/CCCCCCCC[C@@H](C)CCCCCCCC. The van der Waals surface area contributed by atoms with E-state index >= 15 is 0 Å². The summed E-state index contributed by atoms with van der Waals surface area (Å²) in [5.41, 5.74) is 0. The smallest absolute Gasteiger partial charge is 0.133 e. The van der Waals surface area contributed by atoms with Crippen LogP contribution in [0.1, 0.15) is 110 Å². The molecule has 0 saturated heterocycles. The number of allylic oxidation sites excluding steroid dienone is 1. The van der Waals surface area contributed by atoms with E-state index in [9.17, 15) is 5.11 Å². The second kappa shape index (κ2) is 18.6. The summed E-state index contributed by atoms with van der Waals surface area (Å²) in [7, 11) is 0. The first-order valence-electron chi connectivity index (χ1n) is 10.5. The fourth-order valence-electron chi connectivity index (χ4n) is 3.16. The van der Waals surface area contributed by atoms with Crippen molar-refractivity contribution >= 4 is 0 Å². The molecule has 0 bridgehead atoms. The summed E-state index contributed by atoms with van der Waals surface area (Å²) in [5, 5.41) is 9.18. The maximum Gasteiger partial charge on any atom is 0.133 e. The van der Waals surface area contributed by atoms with Gasteiger partial charge in [0, 0.05) is 0 Å². The average Bonchev–Trinajstić information content (AvgIpc) is 2.59. The Hall–Kier alpha value is -0.740. The molecule has 0 amide bonds. The van der Waals surface area contributed by atoms with E-state index in [4.69, 9.17) is 6.42 Å². The Kier molecular flexibility index (Phi) is 18.0. The number of aliphatic hydroxyl groups is 1. The van der Waals surface area contributed by atoms with Gasteiger partial charge in [-0.1, -0.05) is 109 Å². The normalized spacial score (nSPS) is 13.9. The maximum atomic E-state index is 9.18. The standard InChI is InChI=1S/C23H42O/c1-4-6-7-8-13-16-19-22(3)20-17-14-11-9-10-12-15-18-21-23(24)5-2/h2,18,21-24H,4,6-17,19-20H2,1,3H3/b21-18+/t22-,23-/m0/s1. The van der Waals surface area contributed by atoms with Crippen molar-refractivity contribution in [3.8, 4) is 12.3 Å². The van der Waals surface area contributed by atoms with Gasteiger partial charge in [0.2, 0.25) is 0 Å². The van der Waals surface area contributed by atoms with Crippen LogP contribution in [0.5, 0.6) is 0 Å². The molecule has 0 aliphatic heterocycles. The molecule has 0 aromatic carbocycles.